The second-order valence-electron chi connectivity index (χ2n) is 6.15. The lowest BCUT2D eigenvalue weighted by Gasteiger charge is -2.18. The first kappa shape index (κ1) is 14.9. The van der Waals surface area contributed by atoms with E-state index in [1.54, 1.807) is 6.20 Å². The van der Waals surface area contributed by atoms with Crippen LogP contribution in [-0.4, -0.2) is 48.9 Å². The molecule has 0 atom stereocenters. The third kappa shape index (κ3) is 2.91. The summed E-state index contributed by atoms with van der Waals surface area (Å²) in [5.41, 5.74) is 0.879. The molecule has 0 amide bonds. The van der Waals surface area contributed by atoms with Crippen molar-refractivity contribution >= 4 is 22.8 Å². The van der Waals surface area contributed by atoms with Gasteiger partial charge in [0.25, 0.3) is 0 Å². The molecule has 1 aliphatic heterocycles. The molecule has 1 aliphatic rings. The number of aromatic nitrogens is 6. The van der Waals surface area contributed by atoms with Gasteiger partial charge in [-0.1, -0.05) is 0 Å². The number of nitrogens with one attached hydrogen (secondary N) is 1. The van der Waals surface area contributed by atoms with E-state index in [-0.39, 0.29) is 0 Å². The van der Waals surface area contributed by atoms with E-state index in [0.29, 0.717) is 5.95 Å². The quantitative estimate of drug-likeness (QED) is 0.694. The first-order valence-corrected chi connectivity index (χ1v) is 8.45. The minimum absolute atomic E-state index is 0.679. The van der Waals surface area contributed by atoms with Crippen LogP contribution in [0.15, 0.2) is 24.9 Å². The molecule has 1 N–H and O–H groups in total. The summed E-state index contributed by atoms with van der Waals surface area (Å²) in [4.78, 5) is 15.8. The highest BCUT2D eigenvalue weighted by atomic mass is 15.3. The Morgan fingerprint density at radius 2 is 2.08 bits per heavy atom. The lowest BCUT2D eigenvalue weighted by atomic mass is 10.3. The normalized spacial score (nSPS) is 14.6. The highest BCUT2D eigenvalue weighted by Crippen LogP contribution is 2.27. The molecule has 1 fully saturated rings. The van der Waals surface area contributed by atoms with Crippen molar-refractivity contribution in [3.63, 3.8) is 0 Å². The molecule has 0 aromatic carbocycles. The summed E-state index contributed by atoms with van der Waals surface area (Å²) in [7, 11) is 1.92. The Kier molecular flexibility index (Phi) is 4.02. The number of hydrogen-bond acceptors (Lipinski definition) is 6. The molecule has 0 bridgehead atoms. The molecule has 24 heavy (non-hydrogen) atoms. The molecule has 0 unspecified atom stereocenters. The van der Waals surface area contributed by atoms with E-state index in [1.165, 1.54) is 12.8 Å². The Labute approximate surface area is 140 Å². The average Bonchev–Trinajstić information content (AvgIpc) is 3.34. The minimum Gasteiger partial charge on any atom is -0.356 e. The van der Waals surface area contributed by atoms with Crippen LogP contribution in [0.25, 0.3) is 11.0 Å². The van der Waals surface area contributed by atoms with E-state index in [0.717, 1.165) is 49.5 Å². The summed E-state index contributed by atoms with van der Waals surface area (Å²) >= 11 is 0. The Morgan fingerprint density at radius 3 is 2.88 bits per heavy atom. The molecule has 8 nitrogen and oxygen atoms in total. The SMILES string of the molecule is Cn1ncc2c(N3CCCC3)nc(NCCCn3ccnc3)nc21. The number of nitrogens with zero attached hydrogens (tertiary/aromatic N) is 7. The van der Waals surface area contributed by atoms with Crippen LogP contribution in [0.1, 0.15) is 19.3 Å². The lowest BCUT2D eigenvalue weighted by Crippen LogP contribution is -2.20. The summed E-state index contributed by atoms with van der Waals surface area (Å²) in [6, 6.07) is 0. The zero-order chi connectivity index (χ0) is 16.4. The van der Waals surface area contributed by atoms with Crippen LogP contribution < -0.4 is 10.2 Å². The lowest BCUT2D eigenvalue weighted by molar-refractivity contribution is 0.659. The van der Waals surface area contributed by atoms with Crippen LogP contribution in [0.4, 0.5) is 11.8 Å². The van der Waals surface area contributed by atoms with Gasteiger partial charge in [-0.05, 0) is 19.3 Å². The maximum atomic E-state index is 4.76. The summed E-state index contributed by atoms with van der Waals surface area (Å²) in [6.45, 7) is 3.86. The van der Waals surface area contributed by atoms with E-state index in [2.05, 4.69) is 29.9 Å². The van der Waals surface area contributed by atoms with Crippen molar-refractivity contribution in [1.82, 2.24) is 29.3 Å². The molecule has 0 aliphatic carbocycles. The minimum atomic E-state index is 0.679. The van der Waals surface area contributed by atoms with Crippen LogP contribution in [0, 0.1) is 0 Å². The fourth-order valence-corrected chi connectivity index (χ4v) is 3.14. The van der Waals surface area contributed by atoms with Crippen molar-refractivity contribution in [3.8, 4) is 0 Å². The van der Waals surface area contributed by atoms with Crippen LogP contribution >= 0.6 is 0 Å². The van der Waals surface area contributed by atoms with Gasteiger partial charge in [0, 0.05) is 45.6 Å². The van der Waals surface area contributed by atoms with Gasteiger partial charge in [0.2, 0.25) is 5.95 Å². The fraction of sp³-hybridized carbons (Fsp3) is 0.500. The van der Waals surface area contributed by atoms with E-state index >= 15 is 0 Å². The number of aryl methyl sites for hydroxylation is 2. The molecule has 126 valence electrons. The maximum Gasteiger partial charge on any atom is 0.226 e. The number of fused-ring (bicyclic) bond motifs is 1. The molecular formula is C16H22N8. The molecule has 4 heterocycles. The Balaban J connectivity index is 1.50. The fourth-order valence-electron chi connectivity index (χ4n) is 3.14. The zero-order valence-corrected chi connectivity index (χ0v) is 13.9. The monoisotopic (exact) mass is 326 g/mol. The first-order valence-electron chi connectivity index (χ1n) is 8.45. The van der Waals surface area contributed by atoms with Crippen molar-refractivity contribution < 1.29 is 0 Å². The molecule has 3 aromatic heterocycles. The van der Waals surface area contributed by atoms with Gasteiger partial charge >= 0.3 is 0 Å². The van der Waals surface area contributed by atoms with Gasteiger partial charge in [-0.3, -0.25) is 4.68 Å². The molecule has 0 radical (unpaired) electrons. The van der Waals surface area contributed by atoms with Crippen molar-refractivity contribution in [1.29, 1.82) is 0 Å². The van der Waals surface area contributed by atoms with Gasteiger partial charge in [-0.2, -0.15) is 15.1 Å². The van der Waals surface area contributed by atoms with Gasteiger partial charge in [0.05, 0.1) is 17.9 Å². The third-order valence-corrected chi connectivity index (χ3v) is 4.41. The number of hydrogen-bond donors (Lipinski definition) is 1. The van der Waals surface area contributed by atoms with E-state index < -0.39 is 0 Å². The number of imidazole rings is 1. The Hall–Kier alpha value is -2.64. The topological polar surface area (TPSA) is 76.7 Å². The highest BCUT2D eigenvalue weighted by Gasteiger charge is 2.19. The first-order chi connectivity index (χ1) is 11.8. The van der Waals surface area contributed by atoms with E-state index in [9.17, 15) is 0 Å². The summed E-state index contributed by atoms with van der Waals surface area (Å²) in [6.07, 6.45) is 10.9. The Bertz CT molecular complexity index is 801. The standard InChI is InChI=1S/C16H22N8/c1-22-14-13(11-19-22)15(24-8-2-3-9-24)21-16(20-14)18-5-4-7-23-10-6-17-12-23/h6,10-12H,2-5,7-9H2,1H3,(H,18,20,21). The molecule has 3 aromatic rings. The molecule has 8 heteroatoms. The molecule has 4 rings (SSSR count). The Morgan fingerprint density at radius 1 is 1.21 bits per heavy atom. The smallest absolute Gasteiger partial charge is 0.226 e. The number of rotatable bonds is 6. The van der Waals surface area contributed by atoms with Crippen molar-refractivity contribution in [2.24, 2.45) is 7.05 Å². The average molecular weight is 326 g/mol. The van der Waals surface area contributed by atoms with Gasteiger partial charge in [-0.15, -0.1) is 0 Å². The van der Waals surface area contributed by atoms with E-state index in [4.69, 9.17) is 4.98 Å². The van der Waals surface area contributed by atoms with Crippen LogP contribution in [0.5, 0.6) is 0 Å². The van der Waals surface area contributed by atoms with E-state index in [1.807, 2.05) is 30.5 Å². The molecule has 0 saturated carbocycles. The maximum absolute atomic E-state index is 4.76. The molecule has 1 saturated heterocycles. The molecule has 0 spiro atoms. The predicted molar refractivity (Wildman–Crippen MR) is 93.1 cm³/mol. The van der Waals surface area contributed by atoms with Gasteiger partial charge in [0.15, 0.2) is 5.65 Å². The van der Waals surface area contributed by atoms with Gasteiger partial charge in [-0.25, -0.2) is 4.98 Å². The summed E-state index contributed by atoms with van der Waals surface area (Å²) < 4.78 is 3.88. The summed E-state index contributed by atoms with van der Waals surface area (Å²) in [5, 5.41) is 8.74. The molecular weight excluding hydrogens is 304 g/mol. The zero-order valence-electron chi connectivity index (χ0n) is 13.9. The van der Waals surface area contributed by atoms with Crippen molar-refractivity contribution in [3.05, 3.63) is 24.9 Å². The second kappa shape index (κ2) is 6.46. The van der Waals surface area contributed by atoms with Gasteiger partial charge < -0.3 is 14.8 Å². The van der Waals surface area contributed by atoms with Gasteiger partial charge in [0.1, 0.15) is 5.82 Å². The van der Waals surface area contributed by atoms with Crippen molar-refractivity contribution in [2.75, 3.05) is 29.9 Å². The second-order valence-corrected chi connectivity index (χ2v) is 6.15. The van der Waals surface area contributed by atoms with Crippen molar-refractivity contribution in [2.45, 2.75) is 25.8 Å². The highest BCUT2D eigenvalue weighted by molar-refractivity contribution is 5.88. The number of anilines is 2. The predicted octanol–water partition coefficient (Wildman–Crippen LogP) is 1.66. The van der Waals surface area contributed by atoms with Crippen LogP contribution in [0.2, 0.25) is 0 Å². The van der Waals surface area contributed by atoms with Crippen LogP contribution in [0.3, 0.4) is 0 Å². The van der Waals surface area contributed by atoms with Crippen LogP contribution in [-0.2, 0) is 13.6 Å². The third-order valence-electron chi connectivity index (χ3n) is 4.41. The summed E-state index contributed by atoms with van der Waals surface area (Å²) in [5.74, 6) is 1.68. The largest absolute Gasteiger partial charge is 0.356 e.